The number of Topliss-reactive ketones (excluding diaryl/α,β-unsaturated/α-hetero) is 1. The van der Waals surface area contributed by atoms with E-state index in [-0.39, 0.29) is 17.5 Å². The summed E-state index contributed by atoms with van der Waals surface area (Å²) in [5, 5.41) is 0. The molecule has 0 aliphatic carbocycles. The molecule has 1 aliphatic heterocycles. The molecular weight excluding hydrogens is 301 g/mol. The minimum atomic E-state index is -0.264. The van der Waals surface area contributed by atoms with Crippen LogP contribution in [0.5, 0.6) is 0 Å². The molecule has 0 unspecified atom stereocenters. The molecular formula is C21H22FNO. The van der Waals surface area contributed by atoms with Gasteiger partial charge in [-0.25, -0.2) is 4.39 Å². The summed E-state index contributed by atoms with van der Waals surface area (Å²) in [5.41, 5.74) is 3.21. The molecule has 1 aliphatic rings. The molecule has 0 radical (unpaired) electrons. The molecule has 2 aromatic rings. The highest BCUT2D eigenvalue weighted by Gasteiger charge is 2.25. The van der Waals surface area contributed by atoms with E-state index in [1.807, 2.05) is 18.2 Å². The van der Waals surface area contributed by atoms with Crippen molar-refractivity contribution in [3.05, 3.63) is 72.1 Å². The molecule has 0 aromatic heterocycles. The van der Waals surface area contributed by atoms with Gasteiger partial charge in [0.25, 0.3) is 0 Å². The van der Waals surface area contributed by atoms with Crippen molar-refractivity contribution in [2.24, 2.45) is 5.92 Å². The summed E-state index contributed by atoms with van der Waals surface area (Å²) in [6, 6.07) is 14.4. The number of halogens is 1. The SMILES string of the molecule is C=Cc1ccccc1N1CCC(C(=O)Cc2ccc(F)cc2)CC1. The van der Waals surface area contributed by atoms with Gasteiger partial charge in [0.2, 0.25) is 0 Å². The Morgan fingerprint density at radius 1 is 1.12 bits per heavy atom. The standard InChI is InChI=1S/C21H22FNO/c1-2-17-5-3-4-6-20(17)23-13-11-18(12-14-23)21(24)15-16-7-9-19(22)10-8-16/h2-10,18H,1,11-15H2. The number of piperidine rings is 1. The first kappa shape index (κ1) is 16.4. The fourth-order valence-corrected chi connectivity index (χ4v) is 3.34. The molecule has 2 nitrogen and oxygen atoms in total. The van der Waals surface area contributed by atoms with Crippen LogP contribution in [0, 0.1) is 11.7 Å². The fraction of sp³-hybridized carbons (Fsp3) is 0.286. The first-order chi connectivity index (χ1) is 11.7. The van der Waals surface area contributed by atoms with Crippen molar-refractivity contribution in [3.8, 4) is 0 Å². The highest BCUT2D eigenvalue weighted by Crippen LogP contribution is 2.28. The molecule has 1 heterocycles. The van der Waals surface area contributed by atoms with Crippen molar-refractivity contribution >= 4 is 17.5 Å². The van der Waals surface area contributed by atoms with Crippen LogP contribution in [0.4, 0.5) is 10.1 Å². The number of carbonyl (C=O) groups excluding carboxylic acids is 1. The molecule has 0 bridgehead atoms. The highest BCUT2D eigenvalue weighted by atomic mass is 19.1. The maximum Gasteiger partial charge on any atom is 0.140 e. The maximum absolute atomic E-state index is 12.9. The van der Waals surface area contributed by atoms with E-state index in [1.165, 1.54) is 17.8 Å². The van der Waals surface area contributed by atoms with Gasteiger partial charge in [0, 0.05) is 31.1 Å². The van der Waals surface area contributed by atoms with Crippen molar-refractivity contribution < 1.29 is 9.18 Å². The van der Waals surface area contributed by atoms with Gasteiger partial charge in [-0.2, -0.15) is 0 Å². The normalized spacial score (nSPS) is 15.3. The zero-order valence-electron chi connectivity index (χ0n) is 13.7. The molecule has 24 heavy (non-hydrogen) atoms. The van der Waals surface area contributed by atoms with Gasteiger partial charge in [0.15, 0.2) is 0 Å². The molecule has 0 spiro atoms. The number of carbonyl (C=O) groups is 1. The molecule has 124 valence electrons. The van der Waals surface area contributed by atoms with Gasteiger partial charge < -0.3 is 4.90 Å². The van der Waals surface area contributed by atoms with Crippen molar-refractivity contribution in [1.82, 2.24) is 0 Å². The summed E-state index contributed by atoms with van der Waals surface area (Å²) in [6.45, 7) is 5.63. The number of para-hydroxylation sites is 1. The Kier molecular flexibility index (Phi) is 5.09. The number of hydrogen-bond donors (Lipinski definition) is 0. The van der Waals surface area contributed by atoms with Crippen LogP contribution in [0.2, 0.25) is 0 Å². The lowest BCUT2D eigenvalue weighted by Gasteiger charge is -2.34. The Morgan fingerprint density at radius 2 is 1.79 bits per heavy atom. The molecule has 3 rings (SSSR count). The van der Waals surface area contributed by atoms with Crippen molar-refractivity contribution in [2.75, 3.05) is 18.0 Å². The van der Waals surface area contributed by atoms with Crippen LogP contribution in [-0.4, -0.2) is 18.9 Å². The Morgan fingerprint density at radius 3 is 2.46 bits per heavy atom. The van der Waals surface area contributed by atoms with Gasteiger partial charge in [-0.3, -0.25) is 4.79 Å². The summed E-state index contributed by atoms with van der Waals surface area (Å²) in [6.07, 6.45) is 4.01. The number of nitrogens with zero attached hydrogens (tertiary/aromatic N) is 1. The quantitative estimate of drug-likeness (QED) is 0.807. The maximum atomic E-state index is 12.9. The van der Waals surface area contributed by atoms with Gasteiger partial charge >= 0.3 is 0 Å². The lowest BCUT2D eigenvalue weighted by Crippen LogP contribution is -2.37. The average Bonchev–Trinajstić information content (AvgIpc) is 2.63. The Bertz CT molecular complexity index is 715. The summed E-state index contributed by atoms with van der Waals surface area (Å²) in [4.78, 5) is 14.8. The van der Waals surface area contributed by atoms with E-state index < -0.39 is 0 Å². The minimum Gasteiger partial charge on any atom is -0.371 e. The molecule has 1 saturated heterocycles. The van der Waals surface area contributed by atoms with Crippen LogP contribution in [0.15, 0.2) is 55.1 Å². The molecule has 0 N–H and O–H groups in total. The first-order valence-electron chi connectivity index (χ1n) is 8.41. The van der Waals surface area contributed by atoms with Crippen LogP contribution in [0.1, 0.15) is 24.0 Å². The Labute approximate surface area is 142 Å². The third kappa shape index (κ3) is 3.73. The van der Waals surface area contributed by atoms with Crippen molar-refractivity contribution in [2.45, 2.75) is 19.3 Å². The highest BCUT2D eigenvalue weighted by molar-refractivity contribution is 5.83. The Hall–Kier alpha value is -2.42. The van der Waals surface area contributed by atoms with E-state index in [4.69, 9.17) is 0 Å². The zero-order chi connectivity index (χ0) is 16.9. The summed E-state index contributed by atoms with van der Waals surface area (Å²) >= 11 is 0. The molecule has 0 atom stereocenters. The second-order valence-electron chi connectivity index (χ2n) is 6.29. The Balaban J connectivity index is 1.59. The van der Waals surface area contributed by atoms with Crippen LogP contribution >= 0.6 is 0 Å². The molecule has 3 heteroatoms. The topological polar surface area (TPSA) is 20.3 Å². The summed E-state index contributed by atoms with van der Waals surface area (Å²) in [5.74, 6) is 0.0980. The van der Waals surface area contributed by atoms with Crippen LogP contribution in [-0.2, 0) is 11.2 Å². The minimum absolute atomic E-state index is 0.0993. The number of anilines is 1. The third-order valence-corrected chi connectivity index (χ3v) is 4.74. The lowest BCUT2D eigenvalue weighted by molar-refractivity contribution is -0.122. The summed E-state index contributed by atoms with van der Waals surface area (Å²) in [7, 11) is 0. The number of rotatable bonds is 5. The monoisotopic (exact) mass is 323 g/mol. The number of ketones is 1. The van der Waals surface area contributed by atoms with Crippen LogP contribution in [0.3, 0.4) is 0 Å². The second-order valence-corrected chi connectivity index (χ2v) is 6.29. The zero-order valence-corrected chi connectivity index (χ0v) is 13.7. The number of benzene rings is 2. The van der Waals surface area contributed by atoms with E-state index >= 15 is 0 Å². The smallest absolute Gasteiger partial charge is 0.140 e. The van der Waals surface area contributed by atoms with E-state index in [9.17, 15) is 9.18 Å². The van der Waals surface area contributed by atoms with Gasteiger partial charge in [-0.1, -0.05) is 43.0 Å². The third-order valence-electron chi connectivity index (χ3n) is 4.74. The molecule has 1 fully saturated rings. The van der Waals surface area contributed by atoms with Crippen LogP contribution < -0.4 is 4.90 Å². The first-order valence-corrected chi connectivity index (χ1v) is 8.41. The van der Waals surface area contributed by atoms with Gasteiger partial charge in [0.1, 0.15) is 11.6 Å². The predicted octanol–water partition coefficient (Wildman–Crippen LogP) is 4.50. The summed E-state index contributed by atoms with van der Waals surface area (Å²) < 4.78 is 12.9. The van der Waals surface area contributed by atoms with Gasteiger partial charge in [-0.15, -0.1) is 0 Å². The van der Waals surface area contributed by atoms with E-state index in [0.29, 0.717) is 6.42 Å². The van der Waals surface area contributed by atoms with Crippen molar-refractivity contribution in [3.63, 3.8) is 0 Å². The van der Waals surface area contributed by atoms with Gasteiger partial charge in [0.05, 0.1) is 0 Å². The van der Waals surface area contributed by atoms with Gasteiger partial charge in [-0.05, 0) is 42.2 Å². The largest absolute Gasteiger partial charge is 0.371 e. The van der Waals surface area contributed by atoms with Crippen molar-refractivity contribution in [1.29, 1.82) is 0 Å². The lowest BCUT2D eigenvalue weighted by atomic mass is 9.89. The average molecular weight is 323 g/mol. The molecule has 2 aromatic carbocycles. The van der Waals surface area contributed by atoms with E-state index in [0.717, 1.165) is 37.1 Å². The number of hydrogen-bond acceptors (Lipinski definition) is 2. The van der Waals surface area contributed by atoms with Crippen LogP contribution in [0.25, 0.3) is 6.08 Å². The van der Waals surface area contributed by atoms with E-state index in [1.54, 1.807) is 12.1 Å². The van der Waals surface area contributed by atoms with E-state index in [2.05, 4.69) is 23.6 Å². The fourth-order valence-electron chi connectivity index (χ4n) is 3.34. The predicted molar refractivity (Wildman–Crippen MR) is 96.6 cm³/mol. The molecule has 0 saturated carbocycles. The molecule has 0 amide bonds. The second kappa shape index (κ2) is 7.43.